The molecule has 3 rings (SSSR count). The first-order valence-electron chi connectivity index (χ1n) is 8.31. The number of carbonyl (C=O) groups excluding carboxylic acids is 1. The lowest BCUT2D eigenvalue weighted by Crippen LogP contribution is -2.38. The summed E-state index contributed by atoms with van der Waals surface area (Å²) in [4.78, 5) is 28.9. The van der Waals surface area contributed by atoms with E-state index in [1.807, 2.05) is 19.3 Å². The van der Waals surface area contributed by atoms with Crippen LogP contribution in [-0.2, 0) is 6.54 Å². The van der Waals surface area contributed by atoms with Crippen LogP contribution in [0.5, 0.6) is 0 Å². The fraction of sp³-hybridized carbons (Fsp3) is 0.529. The maximum atomic E-state index is 12.1. The van der Waals surface area contributed by atoms with Gasteiger partial charge in [0.1, 0.15) is 17.3 Å². The number of hydrogen-bond donors (Lipinski definition) is 0. The number of carbonyl (C=O) groups is 1. The van der Waals surface area contributed by atoms with Crippen molar-refractivity contribution in [2.45, 2.75) is 26.3 Å². The number of aromatic nitrogens is 4. The fourth-order valence-corrected chi connectivity index (χ4v) is 3.14. The average Bonchev–Trinajstić information content (AvgIpc) is 2.99. The van der Waals surface area contributed by atoms with Gasteiger partial charge in [-0.3, -0.25) is 9.78 Å². The van der Waals surface area contributed by atoms with Crippen molar-refractivity contribution in [3.8, 4) is 0 Å². The lowest BCUT2D eigenvalue weighted by molar-refractivity contribution is 0.0821. The molecule has 24 heavy (non-hydrogen) atoms. The Morgan fingerprint density at radius 1 is 1.38 bits per heavy atom. The fourth-order valence-electron chi connectivity index (χ4n) is 3.14. The summed E-state index contributed by atoms with van der Waals surface area (Å²) in [5.74, 6) is 2.26. The molecule has 1 fully saturated rings. The molecule has 0 saturated carbocycles. The van der Waals surface area contributed by atoms with Gasteiger partial charge in [-0.05, 0) is 25.7 Å². The first kappa shape index (κ1) is 16.4. The van der Waals surface area contributed by atoms with Crippen LogP contribution in [-0.4, -0.2) is 57.5 Å². The Morgan fingerprint density at radius 3 is 2.92 bits per heavy atom. The number of piperidine rings is 1. The number of rotatable bonds is 4. The molecule has 1 amide bonds. The van der Waals surface area contributed by atoms with Crippen molar-refractivity contribution < 1.29 is 4.79 Å². The second kappa shape index (κ2) is 6.98. The van der Waals surface area contributed by atoms with Gasteiger partial charge in [0.05, 0.1) is 12.4 Å². The molecule has 1 unspecified atom stereocenters. The second-order valence-electron chi connectivity index (χ2n) is 6.54. The smallest absolute Gasteiger partial charge is 0.273 e. The highest BCUT2D eigenvalue weighted by molar-refractivity contribution is 5.91. The number of imidazole rings is 1. The molecule has 128 valence electrons. The van der Waals surface area contributed by atoms with E-state index in [1.165, 1.54) is 17.5 Å². The molecule has 2 aromatic heterocycles. The molecular weight excluding hydrogens is 304 g/mol. The Bertz CT molecular complexity index is 711. The van der Waals surface area contributed by atoms with Crippen molar-refractivity contribution in [1.82, 2.24) is 24.4 Å². The average molecular weight is 328 g/mol. The van der Waals surface area contributed by atoms with E-state index >= 15 is 0 Å². The summed E-state index contributed by atoms with van der Waals surface area (Å²) in [7, 11) is 3.45. The van der Waals surface area contributed by atoms with Crippen molar-refractivity contribution in [1.29, 1.82) is 0 Å². The molecule has 0 bridgehead atoms. The van der Waals surface area contributed by atoms with Gasteiger partial charge >= 0.3 is 0 Å². The molecule has 2 aromatic rings. The molecule has 3 heterocycles. The number of hydrogen-bond acceptors (Lipinski definition) is 5. The minimum absolute atomic E-state index is 0.119. The van der Waals surface area contributed by atoms with E-state index in [4.69, 9.17) is 0 Å². The van der Waals surface area contributed by atoms with Crippen molar-refractivity contribution in [3.05, 3.63) is 36.3 Å². The van der Waals surface area contributed by atoms with E-state index in [-0.39, 0.29) is 5.91 Å². The lowest BCUT2D eigenvalue weighted by Gasteiger charge is -2.33. The highest BCUT2D eigenvalue weighted by atomic mass is 16.2. The Hall–Kier alpha value is -2.44. The molecule has 0 aromatic carbocycles. The van der Waals surface area contributed by atoms with Crippen molar-refractivity contribution >= 4 is 11.7 Å². The van der Waals surface area contributed by atoms with Crippen LogP contribution in [0.2, 0.25) is 0 Å². The predicted octanol–water partition coefficient (Wildman–Crippen LogP) is 1.60. The Balaban J connectivity index is 1.71. The SMILES string of the molecule is Cc1nccn1CC1CCCN(c2cncc(C(=O)N(C)C)n2)C1. The zero-order valence-corrected chi connectivity index (χ0v) is 14.5. The third-order valence-corrected chi connectivity index (χ3v) is 4.47. The normalized spacial score (nSPS) is 17.8. The third kappa shape index (κ3) is 3.55. The molecule has 1 saturated heterocycles. The molecule has 1 aliphatic rings. The van der Waals surface area contributed by atoms with E-state index in [1.54, 1.807) is 20.3 Å². The van der Waals surface area contributed by atoms with E-state index in [9.17, 15) is 4.79 Å². The monoisotopic (exact) mass is 328 g/mol. The third-order valence-electron chi connectivity index (χ3n) is 4.47. The van der Waals surface area contributed by atoms with Gasteiger partial charge in [-0.2, -0.15) is 0 Å². The van der Waals surface area contributed by atoms with Crippen LogP contribution < -0.4 is 4.90 Å². The van der Waals surface area contributed by atoms with Crippen LogP contribution >= 0.6 is 0 Å². The molecule has 0 radical (unpaired) electrons. The highest BCUT2D eigenvalue weighted by Gasteiger charge is 2.23. The summed E-state index contributed by atoms with van der Waals surface area (Å²) in [6, 6.07) is 0. The van der Waals surface area contributed by atoms with Gasteiger partial charge < -0.3 is 14.4 Å². The number of amides is 1. The summed E-state index contributed by atoms with van der Waals surface area (Å²) >= 11 is 0. The maximum absolute atomic E-state index is 12.1. The van der Waals surface area contributed by atoms with Gasteiger partial charge in [-0.1, -0.05) is 0 Å². The van der Waals surface area contributed by atoms with Gasteiger partial charge in [-0.25, -0.2) is 9.97 Å². The molecule has 1 atom stereocenters. The highest BCUT2D eigenvalue weighted by Crippen LogP contribution is 2.23. The van der Waals surface area contributed by atoms with Crippen LogP contribution in [0.3, 0.4) is 0 Å². The van der Waals surface area contributed by atoms with Gasteiger partial charge in [0.25, 0.3) is 5.91 Å². The Labute approximate surface area is 142 Å². The van der Waals surface area contributed by atoms with Gasteiger partial charge in [0, 0.05) is 46.1 Å². The zero-order valence-electron chi connectivity index (χ0n) is 14.5. The minimum atomic E-state index is -0.119. The second-order valence-corrected chi connectivity index (χ2v) is 6.54. The molecule has 0 N–H and O–H groups in total. The molecule has 0 aliphatic carbocycles. The summed E-state index contributed by atoms with van der Waals surface area (Å²) in [6.45, 7) is 4.87. The molecule has 0 spiro atoms. The summed E-state index contributed by atoms with van der Waals surface area (Å²) < 4.78 is 2.20. The standard InChI is InChI=1S/C17H24N6O/c1-13-19-6-8-22(13)11-14-5-4-7-23(12-14)16-10-18-9-15(20-16)17(24)21(2)3/h6,8-10,14H,4-5,7,11-12H2,1-3H3. The largest absolute Gasteiger partial charge is 0.355 e. The topological polar surface area (TPSA) is 67.2 Å². The van der Waals surface area contributed by atoms with Gasteiger partial charge in [-0.15, -0.1) is 0 Å². The van der Waals surface area contributed by atoms with E-state index in [0.717, 1.165) is 37.7 Å². The summed E-state index contributed by atoms with van der Waals surface area (Å²) in [5.41, 5.74) is 0.394. The molecule has 1 aliphatic heterocycles. The first-order valence-corrected chi connectivity index (χ1v) is 8.31. The predicted molar refractivity (Wildman–Crippen MR) is 92.0 cm³/mol. The Kier molecular flexibility index (Phi) is 4.78. The lowest BCUT2D eigenvalue weighted by atomic mass is 9.98. The number of aryl methyl sites for hydroxylation is 1. The van der Waals surface area contributed by atoms with Crippen LogP contribution in [0, 0.1) is 12.8 Å². The Morgan fingerprint density at radius 2 is 2.21 bits per heavy atom. The van der Waals surface area contributed by atoms with E-state index in [0.29, 0.717) is 11.6 Å². The summed E-state index contributed by atoms with van der Waals surface area (Å²) in [6.07, 6.45) is 9.46. The van der Waals surface area contributed by atoms with E-state index in [2.05, 4.69) is 24.4 Å². The van der Waals surface area contributed by atoms with Crippen molar-refractivity contribution in [2.75, 3.05) is 32.1 Å². The van der Waals surface area contributed by atoms with Crippen LogP contribution in [0.15, 0.2) is 24.8 Å². The van der Waals surface area contributed by atoms with Crippen molar-refractivity contribution in [3.63, 3.8) is 0 Å². The molecular formula is C17H24N6O. The molecule has 7 nitrogen and oxygen atoms in total. The van der Waals surface area contributed by atoms with E-state index < -0.39 is 0 Å². The maximum Gasteiger partial charge on any atom is 0.273 e. The van der Waals surface area contributed by atoms with Crippen LogP contribution in [0.4, 0.5) is 5.82 Å². The van der Waals surface area contributed by atoms with Gasteiger partial charge in [0.2, 0.25) is 0 Å². The number of nitrogens with zero attached hydrogens (tertiary/aromatic N) is 6. The zero-order chi connectivity index (χ0) is 17.1. The van der Waals surface area contributed by atoms with Crippen molar-refractivity contribution in [2.24, 2.45) is 5.92 Å². The quantitative estimate of drug-likeness (QED) is 0.853. The van der Waals surface area contributed by atoms with Crippen LogP contribution in [0.25, 0.3) is 0 Å². The first-order chi connectivity index (χ1) is 11.5. The molecule has 7 heteroatoms. The van der Waals surface area contributed by atoms with Crippen LogP contribution in [0.1, 0.15) is 29.2 Å². The summed E-state index contributed by atoms with van der Waals surface area (Å²) in [5, 5.41) is 0. The number of anilines is 1. The van der Waals surface area contributed by atoms with Gasteiger partial charge in [0.15, 0.2) is 0 Å². The minimum Gasteiger partial charge on any atom is -0.355 e.